The standard InChI is InChI=1S/C21H28N4O4/c1-27-17-9-8-15(13-18(17)28-2)20-22-19(29-23-20)14-25-12-4-3-7-16(25)21(26)24-10-5-6-11-24/h8-9,13,16H,3-7,10-12,14H2,1-2H3. The number of ether oxygens (including phenoxy) is 2. The Morgan fingerprint density at radius 2 is 1.86 bits per heavy atom. The summed E-state index contributed by atoms with van der Waals surface area (Å²) >= 11 is 0. The van der Waals surface area contributed by atoms with E-state index in [4.69, 9.17) is 14.0 Å². The van der Waals surface area contributed by atoms with Crippen LogP contribution >= 0.6 is 0 Å². The number of amides is 1. The highest BCUT2D eigenvalue weighted by atomic mass is 16.5. The number of nitrogens with zero attached hydrogens (tertiary/aromatic N) is 4. The molecule has 0 N–H and O–H groups in total. The van der Waals surface area contributed by atoms with E-state index in [2.05, 4.69) is 15.0 Å². The summed E-state index contributed by atoms with van der Waals surface area (Å²) < 4.78 is 16.1. The van der Waals surface area contributed by atoms with Crippen molar-refractivity contribution in [2.75, 3.05) is 33.9 Å². The number of likely N-dealkylation sites (tertiary alicyclic amines) is 2. The minimum absolute atomic E-state index is 0.0849. The van der Waals surface area contributed by atoms with Crippen LogP contribution in [0.2, 0.25) is 0 Å². The molecule has 4 rings (SSSR count). The summed E-state index contributed by atoms with van der Waals surface area (Å²) in [6, 6.07) is 5.43. The van der Waals surface area contributed by atoms with Crippen molar-refractivity contribution in [3.8, 4) is 22.9 Å². The van der Waals surface area contributed by atoms with Crippen LogP contribution in [-0.4, -0.2) is 65.7 Å². The molecule has 0 aliphatic carbocycles. The molecule has 156 valence electrons. The third-order valence-corrected chi connectivity index (χ3v) is 5.76. The van der Waals surface area contributed by atoms with E-state index in [1.807, 2.05) is 23.1 Å². The third kappa shape index (κ3) is 4.22. The molecule has 2 aliphatic rings. The fraction of sp³-hybridized carbons (Fsp3) is 0.571. The lowest BCUT2D eigenvalue weighted by Gasteiger charge is -2.35. The summed E-state index contributed by atoms with van der Waals surface area (Å²) in [6.45, 7) is 3.13. The lowest BCUT2D eigenvalue weighted by molar-refractivity contribution is -0.137. The van der Waals surface area contributed by atoms with Crippen LogP contribution in [0, 0.1) is 0 Å². The Balaban J connectivity index is 1.48. The highest BCUT2D eigenvalue weighted by molar-refractivity contribution is 5.82. The first-order valence-corrected chi connectivity index (χ1v) is 10.3. The van der Waals surface area contributed by atoms with Gasteiger partial charge in [0.25, 0.3) is 0 Å². The quantitative estimate of drug-likeness (QED) is 0.737. The van der Waals surface area contributed by atoms with Crippen LogP contribution in [0.3, 0.4) is 0 Å². The number of benzene rings is 1. The van der Waals surface area contributed by atoms with Crippen LogP contribution in [0.25, 0.3) is 11.4 Å². The molecule has 1 aromatic heterocycles. The van der Waals surface area contributed by atoms with E-state index < -0.39 is 0 Å². The molecule has 1 atom stereocenters. The van der Waals surface area contributed by atoms with E-state index in [1.54, 1.807) is 14.2 Å². The fourth-order valence-electron chi connectivity index (χ4n) is 4.19. The Morgan fingerprint density at radius 3 is 2.62 bits per heavy atom. The average molecular weight is 400 g/mol. The Kier molecular flexibility index (Phi) is 5.99. The molecule has 1 aromatic carbocycles. The number of carbonyl (C=O) groups is 1. The fourth-order valence-corrected chi connectivity index (χ4v) is 4.19. The number of hydrogen-bond donors (Lipinski definition) is 0. The molecule has 8 nitrogen and oxygen atoms in total. The van der Waals surface area contributed by atoms with E-state index in [0.717, 1.165) is 57.3 Å². The van der Waals surface area contributed by atoms with Gasteiger partial charge in [0.05, 0.1) is 26.8 Å². The zero-order valence-electron chi connectivity index (χ0n) is 17.1. The number of methoxy groups -OCH3 is 2. The van der Waals surface area contributed by atoms with Gasteiger partial charge in [-0.15, -0.1) is 0 Å². The molecular formula is C21H28N4O4. The molecule has 29 heavy (non-hydrogen) atoms. The first-order valence-electron chi connectivity index (χ1n) is 10.3. The van der Waals surface area contributed by atoms with Crippen molar-refractivity contribution in [3.63, 3.8) is 0 Å². The van der Waals surface area contributed by atoms with E-state index in [1.165, 1.54) is 0 Å². The van der Waals surface area contributed by atoms with Crippen LogP contribution < -0.4 is 9.47 Å². The van der Waals surface area contributed by atoms with Gasteiger partial charge in [-0.2, -0.15) is 4.98 Å². The Hall–Kier alpha value is -2.61. The average Bonchev–Trinajstić information content (AvgIpc) is 3.45. The van der Waals surface area contributed by atoms with Crippen LogP contribution in [0.4, 0.5) is 0 Å². The maximum atomic E-state index is 13.0. The largest absolute Gasteiger partial charge is 0.493 e. The number of piperidine rings is 1. The van der Waals surface area contributed by atoms with Gasteiger partial charge in [0.15, 0.2) is 11.5 Å². The van der Waals surface area contributed by atoms with Crippen molar-refractivity contribution in [1.82, 2.24) is 19.9 Å². The van der Waals surface area contributed by atoms with Gasteiger partial charge < -0.3 is 18.9 Å². The van der Waals surface area contributed by atoms with Crippen molar-refractivity contribution in [1.29, 1.82) is 0 Å². The molecule has 2 aliphatic heterocycles. The topological polar surface area (TPSA) is 80.9 Å². The molecule has 2 fully saturated rings. The lowest BCUT2D eigenvalue weighted by atomic mass is 10.0. The highest BCUT2D eigenvalue weighted by Gasteiger charge is 2.33. The number of rotatable bonds is 6. The SMILES string of the molecule is COc1ccc(-c2noc(CN3CCCCC3C(=O)N3CCCC3)n2)cc1OC. The molecular weight excluding hydrogens is 372 g/mol. The van der Waals surface area contributed by atoms with Gasteiger partial charge in [-0.05, 0) is 50.4 Å². The van der Waals surface area contributed by atoms with E-state index in [0.29, 0.717) is 29.8 Å². The molecule has 0 saturated carbocycles. The molecule has 2 saturated heterocycles. The van der Waals surface area contributed by atoms with E-state index in [9.17, 15) is 4.79 Å². The number of hydrogen-bond acceptors (Lipinski definition) is 7. The molecule has 1 amide bonds. The van der Waals surface area contributed by atoms with E-state index >= 15 is 0 Å². The second-order valence-corrected chi connectivity index (χ2v) is 7.60. The Morgan fingerprint density at radius 1 is 1.10 bits per heavy atom. The Bertz CT molecular complexity index is 847. The van der Waals surface area contributed by atoms with Gasteiger partial charge in [0.2, 0.25) is 17.6 Å². The third-order valence-electron chi connectivity index (χ3n) is 5.76. The summed E-state index contributed by atoms with van der Waals surface area (Å²) in [6.07, 6.45) is 5.28. The van der Waals surface area contributed by atoms with Gasteiger partial charge in [-0.1, -0.05) is 11.6 Å². The molecule has 0 radical (unpaired) electrons. The monoisotopic (exact) mass is 400 g/mol. The molecule has 8 heteroatoms. The van der Waals surface area contributed by atoms with Crippen molar-refractivity contribution in [3.05, 3.63) is 24.1 Å². The normalized spacial score (nSPS) is 20.1. The van der Waals surface area contributed by atoms with Gasteiger partial charge in [0, 0.05) is 18.7 Å². The van der Waals surface area contributed by atoms with Crippen molar-refractivity contribution < 1.29 is 18.8 Å². The number of carbonyl (C=O) groups excluding carboxylic acids is 1. The van der Waals surface area contributed by atoms with Gasteiger partial charge in [0.1, 0.15) is 0 Å². The highest BCUT2D eigenvalue weighted by Crippen LogP contribution is 2.31. The number of aromatic nitrogens is 2. The molecule has 0 bridgehead atoms. The van der Waals surface area contributed by atoms with Crippen molar-refractivity contribution >= 4 is 5.91 Å². The second kappa shape index (κ2) is 8.82. The van der Waals surface area contributed by atoms with Crippen LogP contribution in [0.1, 0.15) is 38.0 Å². The summed E-state index contributed by atoms with van der Waals surface area (Å²) in [5, 5.41) is 4.13. The zero-order valence-corrected chi connectivity index (χ0v) is 17.1. The minimum Gasteiger partial charge on any atom is -0.493 e. The van der Waals surface area contributed by atoms with Crippen LogP contribution in [0.15, 0.2) is 22.7 Å². The molecule has 3 heterocycles. The van der Waals surface area contributed by atoms with Gasteiger partial charge in [-0.3, -0.25) is 9.69 Å². The molecule has 2 aromatic rings. The second-order valence-electron chi connectivity index (χ2n) is 7.60. The predicted molar refractivity (Wildman–Crippen MR) is 107 cm³/mol. The van der Waals surface area contributed by atoms with Crippen molar-refractivity contribution in [2.24, 2.45) is 0 Å². The lowest BCUT2D eigenvalue weighted by Crippen LogP contribution is -2.49. The van der Waals surface area contributed by atoms with Gasteiger partial charge >= 0.3 is 0 Å². The summed E-state index contributed by atoms with van der Waals surface area (Å²) in [5.74, 6) is 2.54. The minimum atomic E-state index is -0.0849. The maximum absolute atomic E-state index is 13.0. The summed E-state index contributed by atoms with van der Waals surface area (Å²) in [4.78, 5) is 21.7. The van der Waals surface area contributed by atoms with Crippen LogP contribution in [0.5, 0.6) is 11.5 Å². The summed E-state index contributed by atoms with van der Waals surface area (Å²) in [5.41, 5.74) is 0.793. The maximum Gasteiger partial charge on any atom is 0.241 e. The van der Waals surface area contributed by atoms with Gasteiger partial charge in [-0.25, -0.2) is 0 Å². The zero-order chi connectivity index (χ0) is 20.2. The smallest absolute Gasteiger partial charge is 0.241 e. The first-order chi connectivity index (χ1) is 14.2. The first kappa shape index (κ1) is 19.7. The molecule has 0 spiro atoms. The molecule has 1 unspecified atom stereocenters. The predicted octanol–water partition coefficient (Wildman–Crippen LogP) is 2.73. The Labute approximate surface area is 170 Å². The van der Waals surface area contributed by atoms with Crippen LogP contribution in [-0.2, 0) is 11.3 Å². The summed E-state index contributed by atoms with van der Waals surface area (Å²) in [7, 11) is 3.19. The van der Waals surface area contributed by atoms with E-state index in [-0.39, 0.29) is 11.9 Å². The van der Waals surface area contributed by atoms with Crippen molar-refractivity contribution in [2.45, 2.75) is 44.7 Å².